The zero-order valence-electron chi connectivity index (χ0n) is 15.6. The van der Waals surface area contributed by atoms with Gasteiger partial charge in [-0.2, -0.15) is 0 Å². The third-order valence-electron chi connectivity index (χ3n) is 4.09. The summed E-state index contributed by atoms with van der Waals surface area (Å²) in [5, 5.41) is 3.25. The van der Waals surface area contributed by atoms with Crippen LogP contribution in [0, 0.1) is 0 Å². The SMILES string of the molecule is COc1cccc(CNC(=O)c2cccc(NS(=O)(=O)c3ccc(Cl)cc3)c2)c1. The Hall–Kier alpha value is -3.03. The molecule has 0 aromatic heterocycles. The smallest absolute Gasteiger partial charge is 0.261 e. The van der Waals surface area contributed by atoms with Crippen molar-refractivity contribution in [2.24, 2.45) is 0 Å². The van der Waals surface area contributed by atoms with Crippen molar-refractivity contribution < 1.29 is 17.9 Å². The van der Waals surface area contributed by atoms with Gasteiger partial charge in [-0.25, -0.2) is 8.42 Å². The lowest BCUT2D eigenvalue weighted by Gasteiger charge is -2.10. The largest absolute Gasteiger partial charge is 0.497 e. The number of carbonyl (C=O) groups excluding carboxylic acids is 1. The highest BCUT2D eigenvalue weighted by atomic mass is 35.5. The van der Waals surface area contributed by atoms with Crippen LogP contribution in [0.2, 0.25) is 5.02 Å². The maximum atomic E-state index is 12.5. The van der Waals surface area contributed by atoms with Crippen LogP contribution in [0.3, 0.4) is 0 Å². The van der Waals surface area contributed by atoms with Crippen LogP contribution in [0.1, 0.15) is 15.9 Å². The van der Waals surface area contributed by atoms with E-state index in [1.54, 1.807) is 25.3 Å². The number of rotatable bonds is 7. The van der Waals surface area contributed by atoms with Crippen molar-refractivity contribution in [1.29, 1.82) is 0 Å². The molecule has 2 N–H and O–H groups in total. The van der Waals surface area contributed by atoms with Crippen LogP contribution in [-0.2, 0) is 16.6 Å². The summed E-state index contributed by atoms with van der Waals surface area (Å²) >= 11 is 5.80. The zero-order valence-corrected chi connectivity index (χ0v) is 17.1. The average Bonchev–Trinajstić information content (AvgIpc) is 2.72. The number of hydrogen-bond acceptors (Lipinski definition) is 4. The molecule has 3 aromatic carbocycles. The Morgan fingerprint density at radius 3 is 2.45 bits per heavy atom. The van der Waals surface area contributed by atoms with E-state index in [0.717, 1.165) is 5.56 Å². The molecule has 0 saturated carbocycles. The van der Waals surface area contributed by atoms with Crippen LogP contribution in [0.4, 0.5) is 5.69 Å². The van der Waals surface area contributed by atoms with Gasteiger partial charge in [0.05, 0.1) is 12.0 Å². The Balaban J connectivity index is 1.69. The van der Waals surface area contributed by atoms with Crippen LogP contribution in [-0.4, -0.2) is 21.4 Å². The van der Waals surface area contributed by atoms with Crippen LogP contribution < -0.4 is 14.8 Å². The van der Waals surface area contributed by atoms with Crippen molar-refractivity contribution in [2.75, 3.05) is 11.8 Å². The number of benzene rings is 3. The van der Waals surface area contributed by atoms with Gasteiger partial charge in [0.15, 0.2) is 0 Å². The minimum absolute atomic E-state index is 0.0785. The molecule has 0 bridgehead atoms. The Morgan fingerprint density at radius 2 is 1.72 bits per heavy atom. The molecule has 0 saturated heterocycles. The fourth-order valence-corrected chi connectivity index (χ4v) is 3.79. The molecule has 29 heavy (non-hydrogen) atoms. The van der Waals surface area contributed by atoms with Gasteiger partial charge in [-0.15, -0.1) is 0 Å². The molecular weight excluding hydrogens is 412 g/mol. The molecule has 0 aliphatic rings. The predicted molar refractivity (Wildman–Crippen MR) is 113 cm³/mol. The minimum Gasteiger partial charge on any atom is -0.497 e. The Bertz CT molecular complexity index is 1120. The van der Waals surface area contributed by atoms with Crippen LogP contribution in [0.25, 0.3) is 0 Å². The van der Waals surface area contributed by atoms with E-state index in [1.807, 2.05) is 24.3 Å². The van der Waals surface area contributed by atoms with Crippen LogP contribution in [0.15, 0.2) is 77.7 Å². The molecule has 150 valence electrons. The van der Waals surface area contributed by atoms with E-state index < -0.39 is 10.0 Å². The van der Waals surface area contributed by atoms with Crippen LogP contribution >= 0.6 is 11.6 Å². The number of amides is 1. The number of methoxy groups -OCH3 is 1. The topological polar surface area (TPSA) is 84.5 Å². The highest BCUT2D eigenvalue weighted by Gasteiger charge is 2.15. The lowest BCUT2D eigenvalue weighted by molar-refractivity contribution is 0.0951. The molecular formula is C21H19ClN2O4S. The molecule has 8 heteroatoms. The summed E-state index contributed by atoms with van der Waals surface area (Å²) in [5.41, 5.74) is 1.51. The van der Waals surface area contributed by atoms with Gasteiger partial charge in [-0.3, -0.25) is 9.52 Å². The van der Waals surface area contributed by atoms with Gasteiger partial charge >= 0.3 is 0 Å². The lowest BCUT2D eigenvalue weighted by Crippen LogP contribution is -2.23. The first-order chi connectivity index (χ1) is 13.9. The number of hydrogen-bond donors (Lipinski definition) is 2. The molecule has 3 aromatic rings. The van der Waals surface area contributed by atoms with E-state index in [-0.39, 0.29) is 16.5 Å². The molecule has 1 amide bonds. The molecule has 0 atom stereocenters. The summed E-state index contributed by atoms with van der Waals surface area (Å²) in [6.45, 7) is 0.316. The zero-order chi connectivity index (χ0) is 20.9. The molecule has 0 radical (unpaired) electrons. The Kier molecular flexibility index (Phi) is 6.41. The van der Waals surface area contributed by atoms with Gasteiger partial charge in [0, 0.05) is 22.8 Å². The van der Waals surface area contributed by atoms with Crippen molar-refractivity contribution in [2.45, 2.75) is 11.4 Å². The quantitative estimate of drug-likeness (QED) is 0.591. The van der Waals surface area contributed by atoms with Crippen molar-refractivity contribution in [3.05, 3.63) is 88.9 Å². The first kappa shape index (κ1) is 20.7. The van der Waals surface area contributed by atoms with Gasteiger partial charge < -0.3 is 10.1 Å². The van der Waals surface area contributed by atoms with E-state index >= 15 is 0 Å². The molecule has 6 nitrogen and oxygen atoms in total. The number of nitrogens with one attached hydrogen (secondary N) is 2. The second-order valence-electron chi connectivity index (χ2n) is 6.17. The molecule has 0 unspecified atom stereocenters. The summed E-state index contributed by atoms with van der Waals surface area (Å²) in [5.74, 6) is 0.385. The maximum Gasteiger partial charge on any atom is 0.261 e. The van der Waals surface area contributed by atoms with Gasteiger partial charge in [0.1, 0.15) is 5.75 Å². The monoisotopic (exact) mass is 430 g/mol. The molecule has 0 spiro atoms. The third-order valence-corrected chi connectivity index (χ3v) is 5.74. The minimum atomic E-state index is -3.79. The van der Waals surface area contributed by atoms with Crippen molar-refractivity contribution >= 4 is 33.2 Å². The number of anilines is 1. The van der Waals surface area contributed by atoms with E-state index in [0.29, 0.717) is 22.9 Å². The Morgan fingerprint density at radius 1 is 1.00 bits per heavy atom. The van der Waals surface area contributed by atoms with Gasteiger partial charge in [-0.05, 0) is 60.2 Å². The first-order valence-electron chi connectivity index (χ1n) is 8.67. The van der Waals surface area contributed by atoms with Crippen molar-refractivity contribution in [3.8, 4) is 5.75 Å². The van der Waals surface area contributed by atoms with Crippen molar-refractivity contribution in [3.63, 3.8) is 0 Å². The summed E-state index contributed by atoms with van der Waals surface area (Å²) in [7, 11) is -2.21. The third kappa shape index (κ3) is 5.49. The maximum absolute atomic E-state index is 12.5. The molecule has 3 rings (SSSR count). The highest BCUT2D eigenvalue weighted by Crippen LogP contribution is 2.19. The highest BCUT2D eigenvalue weighted by molar-refractivity contribution is 7.92. The number of halogens is 1. The fraction of sp³-hybridized carbons (Fsp3) is 0.0952. The van der Waals surface area contributed by atoms with Gasteiger partial charge in [-0.1, -0.05) is 29.8 Å². The fourth-order valence-electron chi connectivity index (χ4n) is 2.62. The van der Waals surface area contributed by atoms with Crippen molar-refractivity contribution in [1.82, 2.24) is 5.32 Å². The lowest BCUT2D eigenvalue weighted by atomic mass is 10.1. The standard InChI is InChI=1S/C21H19ClN2O4S/c1-28-19-7-2-4-15(12-19)14-23-21(25)16-5-3-6-18(13-16)24-29(26,27)20-10-8-17(22)9-11-20/h2-13,24H,14H2,1H3,(H,23,25). The van der Waals surface area contributed by atoms with Crippen LogP contribution in [0.5, 0.6) is 5.75 Å². The Labute approximate surface area is 174 Å². The van der Waals surface area contributed by atoms with E-state index in [1.165, 1.54) is 30.3 Å². The summed E-state index contributed by atoms with van der Waals surface area (Å²) < 4.78 is 32.6. The molecule has 0 aliphatic carbocycles. The number of ether oxygens (including phenoxy) is 1. The normalized spacial score (nSPS) is 11.0. The average molecular weight is 431 g/mol. The van der Waals surface area contributed by atoms with E-state index in [4.69, 9.17) is 16.3 Å². The second kappa shape index (κ2) is 8.98. The molecule has 0 aliphatic heterocycles. The first-order valence-corrected chi connectivity index (χ1v) is 10.5. The summed E-state index contributed by atoms with van der Waals surface area (Å²) in [6, 6.07) is 19.5. The molecule has 0 heterocycles. The summed E-state index contributed by atoms with van der Waals surface area (Å²) in [4.78, 5) is 12.5. The van der Waals surface area contributed by atoms with Gasteiger partial charge in [0.2, 0.25) is 0 Å². The van der Waals surface area contributed by atoms with Gasteiger partial charge in [0.25, 0.3) is 15.9 Å². The number of carbonyl (C=O) groups is 1. The number of sulfonamides is 1. The predicted octanol–water partition coefficient (Wildman–Crippen LogP) is 4.08. The second-order valence-corrected chi connectivity index (χ2v) is 8.29. The van der Waals surface area contributed by atoms with E-state index in [2.05, 4.69) is 10.0 Å². The summed E-state index contributed by atoms with van der Waals surface area (Å²) in [6.07, 6.45) is 0. The van der Waals surface area contributed by atoms with E-state index in [9.17, 15) is 13.2 Å². The molecule has 0 fully saturated rings.